The molecule has 1 fully saturated rings. The molecule has 1 unspecified atom stereocenters. The number of ether oxygens (including phenoxy) is 1. The van der Waals surface area contributed by atoms with Crippen molar-refractivity contribution >= 4 is 21.7 Å². The molecular formula is C14H18BrNO2. The Morgan fingerprint density at radius 2 is 2.28 bits per heavy atom. The van der Waals surface area contributed by atoms with Crippen molar-refractivity contribution in [1.29, 1.82) is 0 Å². The van der Waals surface area contributed by atoms with E-state index < -0.39 is 0 Å². The van der Waals surface area contributed by atoms with Gasteiger partial charge < -0.3 is 10.5 Å². The molecule has 1 aromatic carbocycles. The zero-order valence-corrected chi connectivity index (χ0v) is 12.1. The molecule has 4 heteroatoms. The molecule has 0 heterocycles. The Morgan fingerprint density at radius 1 is 1.56 bits per heavy atom. The summed E-state index contributed by atoms with van der Waals surface area (Å²) in [6.07, 6.45) is 3.25. The number of methoxy groups -OCH3 is 1. The fourth-order valence-electron chi connectivity index (χ4n) is 2.05. The van der Waals surface area contributed by atoms with Crippen LogP contribution in [0.15, 0.2) is 22.7 Å². The van der Waals surface area contributed by atoms with Crippen LogP contribution in [-0.4, -0.2) is 18.9 Å². The lowest BCUT2D eigenvalue weighted by atomic mass is 10.0. The minimum absolute atomic E-state index is 0.0434. The molecule has 0 saturated heterocycles. The largest absolute Gasteiger partial charge is 0.497 e. The molecule has 2 N–H and O–H groups in total. The first-order valence-electron chi connectivity index (χ1n) is 6.20. The SMILES string of the molecule is COc1ccc(Br)c(CC(=O)CC(N)C2CC2)c1. The van der Waals surface area contributed by atoms with Gasteiger partial charge in [-0.2, -0.15) is 0 Å². The third kappa shape index (κ3) is 3.56. The highest BCUT2D eigenvalue weighted by molar-refractivity contribution is 9.10. The van der Waals surface area contributed by atoms with Crippen LogP contribution in [-0.2, 0) is 11.2 Å². The zero-order valence-electron chi connectivity index (χ0n) is 10.5. The van der Waals surface area contributed by atoms with Crippen molar-refractivity contribution in [1.82, 2.24) is 0 Å². The van der Waals surface area contributed by atoms with E-state index in [1.54, 1.807) is 7.11 Å². The Balaban J connectivity index is 1.96. The van der Waals surface area contributed by atoms with Gasteiger partial charge in [0.15, 0.2) is 0 Å². The molecule has 1 aromatic rings. The van der Waals surface area contributed by atoms with Crippen LogP contribution >= 0.6 is 15.9 Å². The van der Waals surface area contributed by atoms with Crippen LogP contribution in [0, 0.1) is 5.92 Å². The maximum Gasteiger partial charge on any atom is 0.138 e. The first kappa shape index (κ1) is 13.6. The van der Waals surface area contributed by atoms with Crippen molar-refractivity contribution in [2.45, 2.75) is 31.7 Å². The summed E-state index contributed by atoms with van der Waals surface area (Å²) >= 11 is 3.46. The average molecular weight is 312 g/mol. The monoisotopic (exact) mass is 311 g/mol. The maximum atomic E-state index is 12.0. The lowest BCUT2D eigenvalue weighted by Gasteiger charge is -2.10. The molecule has 1 aliphatic rings. The van der Waals surface area contributed by atoms with Crippen molar-refractivity contribution in [2.75, 3.05) is 7.11 Å². The Kier molecular flexibility index (Phi) is 4.40. The number of rotatable bonds is 6. The topological polar surface area (TPSA) is 52.3 Å². The van der Waals surface area contributed by atoms with E-state index in [0.29, 0.717) is 18.8 Å². The summed E-state index contributed by atoms with van der Waals surface area (Å²) in [5.74, 6) is 1.54. The minimum Gasteiger partial charge on any atom is -0.497 e. The van der Waals surface area contributed by atoms with Gasteiger partial charge in [0, 0.05) is 23.4 Å². The minimum atomic E-state index is 0.0434. The highest BCUT2D eigenvalue weighted by Crippen LogP contribution is 2.33. The van der Waals surface area contributed by atoms with E-state index in [-0.39, 0.29) is 11.8 Å². The second-order valence-corrected chi connectivity index (χ2v) is 5.73. The molecule has 0 aromatic heterocycles. The van der Waals surface area contributed by atoms with Gasteiger partial charge in [-0.1, -0.05) is 15.9 Å². The number of ketones is 1. The predicted molar refractivity (Wildman–Crippen MR) is 74.7 cm³/mol. The Morgan fingerprint density at radius 3 is 2.89 bits per heavy atom. The van der Waals surface area contributed by atoms with Crippen LogP contribution in [0.3, 0.4) is 0 Å². The van der Waals surface area contributed by atoms with Gasteiger partial charge in [-0.15, -0.1) is 0 Å². The standard InChI is InChI=1S/C14H18BrNO2/c1-18-12-4-5-13(15)10(7-12)6-11(17)8-14(16)9-2-3-9/h4-5,7,9,14H,2-3,6,8,16H2,1H3. The second-order valence-electron chi connectivity index (χ2n) is 4.88. The number of nitrogens with two attached hydrogens (primary N) is 1. The normalized spacial score (nSPS) is 16.4. The molecule has 18 heavy (non-hydrogen) atoms. The van der Waals surface area contributed by atoms with Crippen LogP contribution in [0.2, 0.25) is 0 Å². The summed E-state index contributed by atoms with van der Waals surface area (Å²) in [4.78, 5) is 12.0. The molecular weight excluding hydrogens is 294 g/mol. The number of carbonyl (C=O) groups excluding carboxylic acids is 1. The molecule has 0 aliphatic heterocycles. The van der Waals surface area contributed by atoms with Gasteiger partial charge in [0.2, 0.25) is 0 Å². The van der Waals surface area contributed by atoms with Crippen LogP contribution in [0.1, 0.15) is 24.8 Å². The number of benzene rings is 1. The Labute approximate surface area is 116 Å². The van der Waals surface area contributed by atoms with Gasteiger partial charge in [-0.05, 0) is 42.5 Å². The van der Waals surface area contributed by atoms with Crippen LogP contribution < -0.4 is 10.5 Å². The predicted octanol–water partition coefficient (Wildman–Crippen LogP) is 2.70. The van der Waals surface area contributed by atoms with E-state index in [1.807, 2.05) is 18.2 Å². The quantitative estimate of drug-likeness (QED) is 0.879. The first-order valence-corrected chi connectivity index (χ1v) is 6.99. The van der Waals surface area contributed by atoms with Crippen LogP contribution in [0.25, 0.3) is 0 Å². The van der Waals surface area contributed by atoms with Gasteiger partial charge in [-0.25, -0.2) is 0 Å². The van der Waals surface area contributed by atoms with Crippen LogP contribution in [0.5, 0.6) is 5.75 Å². The summed E-state index contributed by atoms with van der Waals surface area (Å²) in [7, 11) is 1.62. The summed E-state index contributed by atoms with van der Waals surface area (Å²) in [5, 5.41) is 0. The third-order valence-electron chi connectivity index (χ3n) is 3.33. The molecule has 2 rings (SSSR count). The number of carbonyl (C=O) groups is 1. The molecule has 0 bridgehead atoms. The third-order valence-corrected chi connectivity index (χ3v) is 4.11. The number of Topliss-reactive ketones (excluding diaryl/α,β-unsaturated/α-hetero) is 1. The first-order chi connectivity index (χ1) is 8.60. The lowest BCUT2D eigenvalue weighted by molar-refractivity contribution is -0.118. The summed E-state index contributed by atoms with van der Waals surface area (Å²) in [6.45, 7) is 0. The maximum absolute atomic E-state index is 12.0. The fraction of sp³-hybridized carbons (Fsp3) is 0.500. The van der Waals surface area contributed by atoms with Gasteiger partial charge in [0.25, 0.3) is 0 Å². The Bertz CT molecular complexity index is 443. The highest BCUT2D eigenvalue weighted by atomic mass is 79.9. The molecule has 0 amide bonds. The van der Waals surface area contributed by atoms with Gasteiger partial charge in [-0.3, -0.25) is 4.79 Å². The average Bonchev–Trinajstić information content (AvgIpc) is 3.15. The van der Waals surface area contributed by atoms with Crippen molar-refractivity contribution in [3.05, 3.63) is 28.2 Å². The molecule has 98 valence electrons. The van der Waals surface area contributed by atoms with E-state index in [9.17, 15) is 4.79 Å². The van der Waals surface area contributed by atoms with Crippen LogP contribution in [0.4, 0.5) is 0 Å². The number of hydrogen-bond donors (Lipinski definition) is 1. The number of hydrogen-bond acceptors (Lipinski definition) is 3. The molecule has 1 aliphatic carbocycles. The van der Waals surface area contributed by atoms with Crippen molar-refractivity contribution < 1.29 is 9.53 Å². The lowest BCUT2D eigenvalue weighted by Crippen LogP contribution is -2.26. The molecule has 1 saturated carbocycles. The van der Waals surface area contributed by atoms with E-state index in [2.05, 4.69) is 15.9 Å². The summed E-state index contributed by atoms with van der Waals surface area (Å²) < 4.78 is 6.11. The zero-order chi connectivity index (χ0) is 13.1. The van der Waals surface area contributed by atoms with Gasteiger partial charge in [0.1, 0.15) is 11.5 Å². The molecule has 0 spiro atoms. The highest BCUT2D eigenvalue weighted by Gasteiger charge is 2.29. The van der Waals surface area contributed by atoms with Crippen molar-refractivity contribution in [3.8, 4) is 5.75 Å². The second kappa shape index (κ2) is 5.85. The van der Waals surface area contributed by atoms with E-state index in [0.717, 1.165) is 15.8 Å². The van der Waals surface area contributed by atoms with E-state index in [1.165, 1.54) is 12.8 Å². The van der Waals surface area contributed by atoms with Gasteiger partial charge >= 0.3 is 0 Å². The van der Waals surface area contributed by atoms with E-state index in [4.69, 9.17) is 10.5 Å². The van der Waals surface area contributed by atoms with Crippen molar-refractivity contribution in [2.24, 2.45) is 11.7 Å². The number of halogens is 1. The summed E-state index contributed by atoms with van der Waals surface area (Å²) in [5.41, 5.74) is 6.93. The Hall–Kier alpha value is -0.870. The van der Waals surface area contributed by atoms with E-state index >= 15 is 0 Å². The molecule has 0 radical (unpaired) electrons. The fourth-order valence-corrected chi connectivity index (χ4v) is 2.44. The molecule has 3 nitrogen and oxygen atoms in total. The van der Waals surface area contributed by atoms with Gasteiger partial charge in [0.05, 0.1) is 7.11 Å². The summed E-state index contributed by atoms with van der Waals surface area (Å²) in [6, 6.07) is 5.71. The van der Waals surface area contributed by atoms with Crippen molar-refractivity contribution in [3.63, 3.8) is 0 Å². The smallest absolute Gasteiger partial charge is 0.138 e. The molecule has 1 atom stereocenters.